The predicted molar refractivity (Wildman–Crippen MR) is 111 cm³/mol. The first-order valence-corrected chi connectivity index (χ1v) is 8.72. The summed E-state index contributed by atoms with van der Waals surface area (Å²) < 4.78 is 0. The molecule has 0 unspecified atom stereocenters. The monoisotopic (exact) mass is 369 g/mol. The van der Waals surface area contributed by atoms with Gasteiger partial charge >= 0.3 is 0 Å². The van der Waals surface area contributed by atoms with Gasteiger partial charge in [-0.1, -0.05) is 42.5 Å². The number of benzene rings is 3. The van der Waals surface area contributed by atoms with Crippen molar-refractivity contribution in [3.63, 3.8) is 0 Å². The number of nitrogens with zero attached hydrogens (tertiary/aromatic N) is 2. The number of amides is 2. The van der Waals surface area contributed by atoms with Crippen LogP contribution in [0.25, 0.3) is 16.8 Å². The molecule has 0 heterocycles. The van der Waals surface area contributed by atoms with Crippen molar-refractivity contribution in [3.8, 4) is 6.07 Å². The Morgan fingerprint density at radius 3 is 2.32 bits per heavy atom. The Labute approximate surface area is 163 Å². The SMILES string of the molecule is CN(C)C(=O)c1ccc(NC(=O)/C(C#N)=C/c2cccc3ccccc23)cc1. The lowest BCUT2D eigenvalue weighted by molar-refractivity contribution is -0.112. The third-order valence-electron chi connectivity index (χ3n) is 4.28. The van der Waals surface area contributed by atoms with Crippen molar-refractivity contribution in [2.75, 3.05) is 19.4 Å². The summed E-state index contributed by atoms with van der Waals surface area (Å²) in [5.41, 5.74) is 1.84. The van der Waals surface area contributed by atoms with Crippen LogP contribution >= 0.6 is 0 Å². The molecule has 2 amide bonds. The van der Waals surface area contributed by atoms with E-state index in [-0.39, 0.29) is 11.5 Å². The highest BCUT2D eigenvalue weighted by Crippen LogP contribution is 2.21. The van der Waals surface area contributed by atoms with Crippen LogP contribution in [0.1, 0.15) is 15.9 Å². The standard InChI is InChI=1S/C23H19N3O2/c1-26(2)23(28)17-10-12-20(13-11-17)25-22(27)19(15-24)14-18-8-5-7-16-6-3-4-9-21(16)18/h3-14H,1-2H3,(H,25,27)/b19-14+. The van der Waals surface area contributed by atoms with E-state index in [1.807, 2.05) is 48.5 Å². The average Bonchev–Trinajstić information content (AvgIpc) is 2.72. The van der Waals surface area contributed by atoms with Gasteiger partial charge in [-0.2, -0.15) is 5.26 Å². The molecule has 0 radical (unpaired) electrons. The molecule has 0 saturated heterocycles. The van der Waals surface area contributed by atoms with Gasteiger partial charge in [0.05, 0.1) is 0 Å². The zero-order valence-corrected chi connectivity index (χ0v) is 15.6. The van der Waals surface area contributed by atoms with Gasteiger partial charge in [0.15, 0.2) is 0 Å². The van der Waals surface area contributed by atoms with Crippen LogP contribution in [-0.2, 0) is 4.79 Å². The molecule has 0 aromatic heterocycles. The van der Waals surface area contributed by atoms with Gasteiger partial charge in [-0.05, 0) is 46.7 Å². The molecule has 1 N–H and O–H groups in total. The summed E-state index contributed by atoms with van der Waals surface area (Å²) in [7, 11) is 3.35. The van der Waals surface area contributed by atoms with Crippen molar-refractivity contribution in [3.05, 3.63) is 83.4 Å². The van der Waals surface area contributed by atoms with Crippen LogP contribution in [0.4, 0.5) is 5.69 Å². The van der Waals surface area contributed by atoms with E-state index >= 15 is 0 Å². The molecule has 5 heteroatoms. The molecule has 3 aromatic carbocycles. The number of carbonyl (C=O) groups excluding carboxylic acids is 2. The average molecular weight is 369 g/mol. The zero-order chi connectivity index (χ0) is 20.1. The molecule has 28 heavy (non-hydrogen) atoms. The Kier molecular flexibility index (Phi) is 5.52. The molecule has 0 aliphatic heterocycles. The number of nitrogens with one attached hydrogen (secondary N) is 1. The highest BCUT2D eigenvalue weighted by atomic mass is 16.2. The van der Waals surface area contributed by atoms with Crippen molar-refractivity contribution in [2.45, 2.75) is 0 Å². The van der Waals surface area contributed by atoms with Crippen molar-refractivity contribution >= 4 is 34.4 Å². The third-order valence-corrected chi connectivity index (χ3v) is 4.28. The first-order chi connectivity index (χ1) is 13.5. The first-order valence-electron chi connectivity index (χ1n) is 8.72. The molecular formula is C23H19N3O2. The molecule has 3 aromatic rings. The Balaban J connectivity index is 1.83. The molecule has 0 atom stereocenters. The summed E-state index contributed by atoms with van der Waals surface area (Å²) in [6, 6.07) is 22.1. The fourth-order valence-corrected chi connectivity index (χ4v) is 2.83. The maximum absolute atomic E-state index is 12.5. The van der Waals surface area contributed by atoms with Gasteiger partial charge in [-0.25, -0.2) is 0 Å². The Morgan fingerprint density at radius 1 is 0.964 bits per heavy atom. The fraction of sp³-hybridized carbons (Fsp3) is 0.0870. The summed E-state index contributed by atoms with van der Waals surface area (Å²) in [5, 5.41) is 14.2. The van der Waals surface area contributed by atoms with Crippen molar-refractivity contribution < 1.29 is 9.59 Å². The molecular weight excluding hydrogens is 350 g/mol. The first kappa shape index (κ1) is 18.9. The van der Waals surface area contributed by atoms with E-state index < -0.39 is 5.91 Å². The number of hydrogen-bond acceptors (Lipinski definition) is 3. The van der Waals surface area contributed by atoms with Gasteiger partial charge in [0.1, 0.15) is 11.6 Å². The van der Waals surface area contributed by atoms with E-state index in [0.717, 1.165) is 16.3 Å². The molecule has 0 saturated carbocycles. The largest absolute Gasteiger partial charge is 0.345 e. The number of hydrogen-bond donors (Lipinski definition) is 1. The maximum Gasteiger partial charge on any atom is 0.266 e. The summed E-state index contributed by atoms with van der Waals surface area (Å²) in [4.78, 5) is 25.9. The van der Waals surface area contributed by atoms with Gasteiger partial charge in [-0.15, -0.1) is 0 Å². The molecule has 0 spiro atoms. The molecule has 0 bridgehead atoms. The Hall–Kier alpha value is -3.91. The van der Waals surface area contributed by atoms with Gasteiger partial charge < -0.3 is 10.2 Å². The summed E-state index contributed by atoms with van der Waals surface area (Å²) in [6.45, 7) is 0. The minimum atomic E-state index is -0.498. The Bertz CT molecular complexity index is 1100. The van der Waals surface area contributed by atoms with E-state index in [1.54, 1.807) is 44.4 Å². The van der Waals surface area contributed by atoms with E-state index in [9.17, 15) is 14.9 Å². The van der Waals surface area contributed by atoms with Crippen LogP contribution in [0.3, 0.4) is 0 Å². The van der Waals surface area contributed by atoms with Gasteiger partial charge in [0.2, 0.25) is 0 Å². The zero-order valence-electron chi connectivity index (χ0n) is 15.6. The topological polar surface area (TPSA) is 73.2 Å². The van der Waals surface area contributed by atoms with Crippen molar-refractivity contribution in [1.29, 1.82) is 5.26 Å². The molecule has 5 nitrogen and oxygen atoms in total. The maximum atomic E-state index is 12.5. The molecule has 138 valence electrons. The van der Waals surface area contributed by atoms with Gasteiger partial charge in [-0.3, -0.25) is 9.59 Å². The second kappa shape index (κ2) is 8.19. The number of nitriles is 1. The van der Waals surface area contributed by atoms with Gasteiger partial charge in [0.25, 0.3) is 11.8 Å². The molecule has 0 aliphatic rings. The van der Waals surface area contributed by atoms with E-state index in [0.29, 0.717) is 11.3 Å². The van der Waals surface area contributed by atoms with Crippen LogP contribution in [0.5, 0.6) is 0 Å². The molecule has 0 aliphatic carbocycles. The lowest BCUT2D eigenvalue weighted by atomic mass is 10.0. The second-order valence-electron chi connectivity index (χ2n) is 6.47. The number of rotatable bonds is 4. The van der Waals surface area contributed by atoms with E-state index in [4.69, 9.17) is 0 Å². The van der Waals surface area contributed by atoms with E-state index in [2.05, 4.69) is 5.32 Å². The van der Waals surface area contributed by atoms with E-state index in [1.165, 1.54) is 4.90 Å². The van der Waals surface area contributed by atoms with Crippen LogP contribution in [0.15, 0.2) is 72.3 Å². The minimum Gasteiger partial charge on any atom is -0.345 e. The smallest absolute Gasteiger partial charge is 0.266 e. The number of fused-ring (bicyclic) bond motifs is 1. The van der Waals surface area contributed by atoms with Crippen LogP contribution in [0.2, 0.25) is 0 Å². The van der Waals surface area contributed by atoms with Crippen molar-refractivity contribution in [2.24, 2.45) is 0 Å². The third kappa shape index (κ3) is 4.08. The minimum absolute atomic E-state index is 0.00444. The number of anilines is 1. The lowest BCUT2D eigenvalue weighted by Gasteiger charge is -2.11. The number of carbonyl (C=O) groups is 2. The fourth-order valence-electron chi connectivity index (χ4n) is 2.83. The normalized spacial score (nSPS) is 11.0. The summed E-state index contributed by atoms with van der Waals surface area (Å²) >= 11 is 0. The highest BCUT2D eigenvalue weighted by Gasteiger charge is 2.12. The van der Waals surface area contributed by atoms with Crippen LogP contribution in [0, 0.1) is 11.3 Å². The highest BCUT2D eigenvalue weighted by molar-refractivity contribution is 6.11. The van der Waals surface area contributed by atoms with Crippen LogP contribution in [-0.4, -0.2) is 30.8 Å². The molecule has 3 rings (SSSR count). The molecule has 0 fully saturated rings. The summed E-state index contributed by atoms with van der Waals surface area (Å²) in [5.74, 6) is -0.617. The quantitative estimate of drug-likeness (QED) is 0.556. The van der Waals surface area contributed by atoms with Crippen molar-refractivity contribution in [1.82, 2.24) is 4.90 Å². The predicted octanol–water partition coefficient (Wildman–Crippen LogP) is 4.09. The second-order valence-corrected chi connectivity index (χ2v) is 6.47. The summed E-state index contributed by atoms with van der Waals surface area (Å²) in [6.07, 6.45) is 1.58. The Morgan fingerprint density at radius 2 is 1.64 bits per heavy atom. The van der Waals surface area contributed by atoms with Crippen LogP contribution < -0.4 is 5.32 Å². The lowest BCUT2D eigenvalue weighted by Crippen LogP contribution is -2.21. The van der Waals surface area contributed by atoms with Gasteiger partial charge in [0, 0.05) is 25.3 Å².